The van der Waals surface area contributed by atoms with Gasteiger partial charge in [-0.05, 0) is 33.4 Å². The van der Waals surface area contributed by atoms with E-state index in [1.54, 1.807) is 24.3 Å². The molecule has 3 N–H and O–H groups in total. The van der Waals surface area contributed by atoms with Crippen LogP contribution in [0.25, 0.3) is 11.1 Å². The Labute approximate surface area is 210 Å². The van der Waals surface area contributed by atoms with Gasteiger partial charge in [-0.3, -0.25) is 9.59 Å². The van der Waals surface area contributed by atoms with Crippen LogP contribution in [0.3, 0.4) is 0 Å². The van der Waals surface area contributed by atoms with Gasteiger partial charge in [-0.15, -0.1) is 0 Å². The highest BCUT2D eigenvalue weighted by atomic mass is 16.5. The summed E-state index contributed by atoms with van der Waals surface area (Å²) in [6.45, 7) is 0.119. The number of carboxylic acids is 1. The molecule has 0 amide bonds. The molecule has 4 aromatic carbocycles. The van der Waals surface area contributed by atoms with Crippen LogP contribution in [-0.2, 0) is 19.7 Å². The minimum atomic E-state index is -1.49. The van der Waals surface area contributed by atoms with E-state index >= 15 is 0 Å². The minimum absolute atomic E-state index is 0.119. The Morgan fingerprint density at radius 1 is 0.750 bits per heavy atom. The topological polar surface area (TPSA) is 89.6 Å². The van der Waals surface area contributed by atoms with Gasteiger partial charge in [-0.25, -0.2) is 0 Å². The highest BCUT2D eigenvalue weighted by Gasteiger charge is 2.49. The van der Waals surface area contributed by atoms with Crippen molar-refractivity contribution in [2.45, 2.75) is 23.8 Å². The first kappa shape index (κ1) is 23.5. The van der Waals surface area contributed by atoms with Gasteiger partial charge in [0.1, 0.15) is 12.0 Å². The van der Waals surface area contributed by atoms with Gasteiger partial charge in [-0.2, -0.15) is 0 Å². The maximum Gasteiger partial charge on any atom is 0.322 e. The third kappa shape index (κ3) is 3.97. The zero-order valence-corrected chi connectivity index (χ0v) is 19.7. The Kier molecular flexibility index (Phi) is 6.40. The van der Waals surface area contributed by atoms with E-state index in [0.29, 0.717) is 11.1 Å². The molecule has 180 valence electrons. The predicted molar refractivity (Wildman–Crippen MR) is 139 cm³/mol. The van der Waals surface area contributed by atoms with Crippen LogP contribution in [0.5, 0.6) is 0 Å². The predicted octanol–water partition coefficient (Wildman–Crippen LogP) is 5.13. The molecule has 0 radical (unpaired) electrons. The van der Waals surface area contributed by atoms with Crippen molar-refractivity contribution in [2.24, 2.45) is 5.73 Å². The van der Waals surface area contributed by atoms with Gasteiger partial charge in [0.05, 0.1) is 6.42 Å². The molecule has 5 rings (SSSR count). The van der Waals surface area contributed by atoms with Gasteiger partial charge in [0, 0.05) is 12.0 Å². The number of carbonyl (C=O) groups excluding carboxylic acids is 1. The number of hydrogen-bond acceptors (Lipinski definition) is 4. The van der Waals surface area contributed by atoms with Gasteiger partial charge in [0.2, 0.25) is 0 Å². The van der Waals surface area contributed by atoms with Crippen LogP contribution in [0.1, 0.15) is 34.6 Å². The second-order valence-electron chi connectivity index (χ2n) is 9.07. The molecule has 0 unspecified atom stereocenters. The fraction of sp³-hybridized carbons (Fsp3) is 0.161. The Morgan fingerprint density at radius 2 is 1.19 bits per heavy atom. The number of hydrogen-bond donors (Lipinski definition) is 2. The third-order valence-corrected chi connectivity index (χ3v) is 7.07. The second-order valence-corrected chi connectivity index (χ2v) is 9.07. The summed E-state index contributed by atoms with van der Waals surface area (Å²) in [6.07, 6.45) is -0.395. The van der Waals surface area contributed by atoms with E-state index < -0.39 is 29.8 Å². The summed E-state index contributed by atoms with van der Waals surface area (Å²) in [7, 11) is 0. The van der Waals surface area contributed by atoms with E-state index in [-0.39, 0.29) is 12.5 Å². The van der Waals surface area contributed by atoms with Crippen molar-refractivity contribution in [3.8, 4) is 11.1 Å². The summed E-state index contributed by atoms with van der Waals surface area (Å²) >= 11 is 0. The zero-order chi connectivity index (χ0) is 25.1. The Hall–Kier alpha value is -4.22. The molecule has 0 aromatic heterocycles. The zero-order valence-electron chi connectivity index (χ0n) is 19.7. The van der Waals surface area contributed by atoms with Crippen molar-refractivity contribution in [1.29, 1.82) is 0 Å². The van der Waals surface area contributed by atoms with Gasteiger partial charge < -0.3 is 15.6 Å². The maximum atomic E-state index is 14.2. The molecule has 1 aliphatic carbocycles. The smallest absolute Gasteiger partial charge is 0.322 e. The number of rotatable bonds is 8. The number of esters is 1. The van der Waals surface area contributed by atoms with Crippen molar-refractivity contribution in [2.75, 3.05) is 6.61 Å². The van der Waals surface area contributed by atoms with Crippen LogP contribution in [0.15, 0.2) is 109 Å². The van der Waals surface area contributed by atoms with Gasteiger partial charge in [-0.1, -0.05) is 109 Å². The molecule has 0 saturated heterocycles. The average Bonchev–Trinajstić information content (AvgIpc) is 3.22. The van der Waals surface area contributed by atoms with Crippen LogP contribution in [0, 0.1) is 0 Å². The average molecular weight is 478 g/mol. The lowest BCUT2D eigenvalue weighted by atomic mass is 9.68. The lowest BCUT2D eigenvalue weighted by Gasteiger charge is -2.37. The first-order valence-corrected chi connectivity index (χ1v) is 12.0. The number of carboxylic acid groups (broad SMARTS) is 1. The molecule has 1 aliphatic rings. The molecule has 36 heavy (non-hydrogen) atoms. The van der Waals surface area contributed by atoms with E-state index in [1.807, 2.05) is 60.7 Å². The largest absolute Gasteiger partial charge is 0.481 e. The Balaban J connectivity index is 1.57. The number of fused-ring (bicyclic) bond motifs is 3. The normalized spacial score (nSPS) is 13.5. The van der Waals surface area contributed by atoms with Crippen LogP contribution in [-0.4, -0.2) is 29.7 Å². The maximum absolute atomic E-state index is 14.2. The molecule has 0 saturated carbocycles. The molecular weight excluding hydrogens is 450 g/mol. The molecule has 0 heterocycles. The van der Waals surface area contributed by atoms with Gasteiger partial charge >= 0.3 is 11.9 Å². The number of ether oxygens (including phenoxy) is 1. The highest BCUT2D eigenvalue weighted by Crippen LogP contribution is 2.45. The van der Waals surface area contributed by atoms with Crippen LogP contribution in [0.4, 0.5) is 0 Å². The molecule has 0 aliphatic heterocycles. The van der Waals surface area contributed by atoms with Crippen molar-refractivity contribution in [1.82, 2.24) is 0 Å². The van der Waals surface area contributed by atoms with Crippen molar-refractivity contribution in [3.63, 3.8) is 0 Å². The van der Waals surface area contributed by atoms with E-state index in [9.17, 15) is 14.7 Å². The van der Waals surface area contributed by atoms with E-state index in [1.165, 1.54) is 0 Å². The van der Waals surface area contributed by atoms with E-state index in [0.717, 1.165) is 22.3 Å². The highest BCUT2D eigenvalue weighted by molar-refractivity contribution is 5.90. The van der Waals surface area contributed by atoms with Crippen molar-refractivity contribution >= 4 is 11.9 Å². The minimum Gasteiger partial charge on any atom is -0.481 e. The number of benzene rings is 4. The first-order chi connectivity index (χ1) is 17.5. The summed E-state index contributed by atoms with van der Waals surface area (Å²) in [4.78, 5) is 25.9. The standard InChI is InChI=1S/C31H27NO4/c32-28(19-29(33)34)31(21-11-3-1-4-12-21,22-13-5-2-6-14-22)30(35)36-20-27-25-17-9-7-15-23(25)24-16-8-10-18-26(24)27/h1-18,27-28H,19-20,32H2,(H,33,34)/t28-/m1/s1. The quantitative estimate of drug-likeness (QED) is 0.344. The number of carbonyl (C=O) groups is 2. The summed E-state index contributed by atoms with van der Waals surface area (Å²) in [5.74, 6) is -1.76. The molecule has 5 heteroatoms. The lowest BCUT2D eigenvalue weighted by Crippen LogP contribution is -2.54. The Bertz CT molecular complexity index is 1300. The van der Waals surface area contributed by atoms with Crippen LogP contribution >= 0.6 is 0 Å². The van der Waals surface area contributed by atoms with Crippen LogP contribution in [0.2, 0.25) is 0 Å². The fourth-order valence-corrected chi connectivity index (χ4v) is 5.44. The number of aliphatic carboxylic acids is 1. The van der Waals surface area contributed by atoms with Crippen LogP contribution < -0.4 is 5.73 Å². The monoisotopic (exact) mass is 477 g/mol. The van der Waals surface area contributed by atoms with Gasteiger partial charge in [0.25, 0.3) is 0 Å². The molecule has 0 bridgehead atoms. The molecule has 0 spiro atoms. The fourth-order valence-electron chi connectivity index (χ4n) is 5.44. The van der Waals surface area contributed by atoms with E-state index in [4.69, 9.17) is 10.5 Å². The van der Waals surface area contributed by atoms with Gasteiger partial charge in [0.15, 0.2) is 0 Å². The molecule has 5 nitrogen and oxygen atoms in total. The molecule has 0 fully saturated rings. The summed E-state index contributed by atoms with van der Waals surface area (Å²) < 4.78 is 6.10. The first-order valence-electron chi connectivity index (χ1n) is 12.0. The van der Waals surface area contributed by atoms with Crippen molar-refractivity contribution < 1.29 is 19.4 Å². The van der Waals surface area contributed by atoms with Crippen molar-refractivity contribution in [3.05, 3.63) is 131 Å². The molecule has 4 aromatic rings. The second kappa shape index (κ2) is 9.80. The molecule has 1 atom stereocenters. The molecular formula is C31H27NO4. The Morgan fingerprint density at radius 3 is 1.67 bits per heavy atom. The lowest BCUT2D eigenvalue weighted by molar-refractivity contribution is -0.150. The SMILES string of the molecule is N[C@H](CC(=O)O)C(C(=O)OCC1c2ccccc2-c2ccccc21)(c1ccccc1)c1ccccc1. The summed E-state index contributed by atoms with van der Waals surface area (Å²) in [5.41, 5.74) is 10.8. The summed E-state index contributed by atoms with van der Waals surface area (Å²) in [6, 6.07) is 33.4. The number of nitrogens with two attached hydrogens (primary N) is 1. The van der Waals surface area contributed by atoms with E-state index in [2.05, 4.69) is 24.3 Å². The third-order valence-electron chi connectivity index (χ3n) is 7.07. The summed E-state index contributed by atoms with van der Waals surface area (Å²) in [5, 5.41) is 9.61.